The summed E-state index contributed by atoms with van der Waals surface area (Å²) in [5, 5.41) is 39.5. The number of thiazole rings is 1. The molecule has 0 fully saturated rings. The first kappa shape index (κ1) is 32.1. The molecule has 226 valence electrons. The van der Waals surface area contributed by atoms with Crippen LogP contribution in [0.25, 0.3) is 0 Å². The second-order valence-electron chi connectivity index (χ2n) is 10.9. The highest BCUT2D eigenvalue weighted by molar-refractivity contribution is 7.09. The zero-order valence-electron chi connectivity index (χ0n) is 23.7. The van der Waals surface area contributed by atoms with Crippen LogP contribution in [-0.4, -0.2) is 59.6 Å². The zero-order valence-corrected chi connectivity index (χ0v) is 24.5. The van der Waals surface area contributed by atoms with Crippen molar-refractivity contribution >= 4 is 40.4 Å². The van der Waals surface area contributed by atoms with Gasteiger partial charge in [-0.2, -0.15) is 0 Å². The molecule has 0 aliphatic heterocycles. The smallest absolute Gasteiger partial charge is 0.414 e. The number of carbonyl (C=O) groups excluding carboxylic acids is 2. The molecule has 15 nitrogen and oxygen atoms in total. The molecule has 0 aliphatic carbocycles. The maximum Gasteiger partial charge on any atom is 0.414 e. The number of nitrogens with one attached hydrogen (secondary N) is 2. The van der Waals surface area contributed by atoms with Crippen LogP contribution in [-0.2, 0) is 16.0 Å². The average molecular weight is 604 g/mol. The molecule has 42 heavy (non-hydrogen) atoms. The lowest BCUT2D eigenvalue weighted by Crippen LogP contribution is -2.56. The number of imide groups is 1. The Balaban J connectivity index is 2.27. The summed E-state index contributed by atoms with van der Waals surface area (Å²) in [5.74, 6) is -0.982. The molecule has 3 N–H and O–H groups in total. The molecule has 0 aliphatic rings. The van der Waals surface area contributed by atoms with Crippen LogP contribution < -0.4 is 10.2 Å². The number of imidazole rings is 1. The molecular formula is C26H33N7O8S. The SMILES string of the molecule is CC(C)C[C@@H]([C@@H](O)c1nccs1)N(c1ccc([N+](=O)[O-])cc1[N+](=O)[O-])[C@@H](Cc1c[nH]cn1)C(=O)NC(=O)OC(C)(C)C. The van der Waals surface area contributed by atoms with Crippen LogP contribution in [0.1, 0.15) is 57.8 Å². The number of nitrogens with zero attached hydrogens (tertiary/aromatic N) is 5. The van der Waals surface area contributed by atoms with E-state index in [9.17, 15) is 34.9 Å². The van der Waals surface area contributed by atoms with Crippen molar-refractivity contribution in [2.45, 2.75) is 71.2 Å². The predicted molar refractivity (Wildman–Crippen MR) is 153 cm³/mol. The summed E-state index contributed by atoms with van der Waals surface area (Å²) in [6.07, 6.45) is 2.07. The van der Waals surface area contributed by atoms with Crippen LogP contribution in [0, 0.1) is 26.1 Å². The van der Waals surface area contributed by atoms with E-state index in [1.165, 1.54) is 23.6 Å². The van der Waals surface area contributed by atoms with Crippen molar-refractivity contribution in [3.8, 4) is 0 Å². The van der Waals surface area contributed by atoms with Gasteiger partial charge >= 0.3 is 6.09 Å². The first-order valence-corrected chi connectivity index (χ1v) is 13.9. The normalized spacial score (nSPS) is 13.7. The Bertz CT molecular complexity index is 1390. The first-order chi connectivity index (χ1) is 19.7. The van der Waals surface area contributed by atoms with Gasteiger partial charge in [-0.05, 0) is 39.2 Å². The fourth-order valence-electron chi connectivity index (χ4n) is 4.40. The molecule has 1 aromatic carbocycles. The standard InChI is InChI=1S/C26H33N7O8S/c1-15(2)10-20(22(34)24-28-8-9-42-24)31(18-7-6-17(32(37)38)12-19(18)33(39)40)21(11-16-13-27-14-29-16)23(35)30-25(36)41-26(3,4)5/h6-9,12-15,20-22,34H,10-11H2,1-5H3,(H,27,29)(H,30,35,36)/t20-,21-,22+/m0/s1. The van der Waals surface area contributed by atoms with Crippen LogP contribution in [0.3, 0.4) is 0 Å². The monoisotopic (exact) mass is 603 g/mol. The molecule has 16 heteroatoms. The average Bonchev–Trinajstić information content (AvgIpc) is 3.60. The molecule has 0 radical (unpaired) electrons. The molecule has 0 saturated carbocycles. The highest BCUT2D eigenvalue weighted by atomic mass is 32.1. The van der Waals surface area contributed by atoms with Gasteiger partial charge in [-0.3, -0.25) is 30.3 Å². The fraction of sp³-hybridized carbons (Fsp3) is 0.462. The van der Waals surface area contributed by atoms with Crippen LogP contribution in [0.2, 0.25) is 0 Å². The Kier molecular flexibility index (Phi) is 10.3. The molecule has 2 amide bonds. The van der Waals surface area contributed by atoms with E-state index in [0.29, 0.717) is 10.7 Å². The number of aliphatic hydroxyl groups is 1. The second kappa shape index (κ2) is 13.5. The number of H-pyrrole nitrogens is 1. The third-order valence-electron chi connectivity index (χ3n) is 6.00. The quantitative estimate of drug-likeness (QED) is 0.196. The number of nitro benzene ring substituents is 2. The largest absolute Gasteiger partial charge is 0.444 e. The van der Waals surface area contributed by atoms with Gasteiger partial charge in [-0.15, -0.1) is 11.3 Å². The van der Waals surface area contributed by atoms with E-state index >= 15 is 0 Å². The Morgan fingerprint density at radius 2 is 1.90 bits per heavy atom. The molecule has 3 aromatic rings. The Labute approximate surface area is 245 Å². The molecule has 3 rings (SSSR count). The highest BCUT2D eigenvalue weighted by Gasteiger charge is 2.41. The van der Waals surface area contributed by atoms with E-state index in [1.54, 1.807) is 26.2 Å². The number of hydrogen-bond acceptors (Lipinski definition) is 12. The summed E-state index contributed by atoms with van der Waals surface area (Å²) in [5.41, 5.74) is -1.93. The number of hydrogen-bond donors (Lipinski definition) is 3. The lowest BCUT2D eigenvalue weighted by molar-refractivity contribution is -0.393. The van der Waals surface area contributed by atoms with Crippen molar-refractivity contribution in [2.24, 2.45) is 5.92 Å². The van der Waals surface area contributed by atoms with Gasteiger partial charge < -0.3 is 19.7 Å². The molecule has 2 aromatic heterocycles. The van der Waals surface area contributed by atoms with E-state index in [1.807, 2.05) is 13.8 Å². The molecule has 0 spiro atoms. The van der Waals surface area contributed by atoms with Crippen LogP contribution in [0.5, 0.6) is 0 Å². The lowest BCUT2D eigenvalue weighted by atomic mass is 9.93. The summed E-state index contributed by atoms with van der Waals surface area (Å²) < 4.78 is 5.26. The number of non-ortho nitro benzene ring substituents is 1. The van der Waals surface area contributed by atoms with Crippen LogP contribution in [0.4, 0.5) is 21.9 Å². The van der Waals surface area contributed by atoms with E-state index in [4.69, 9.17) is 4.74 Å². The number of rotatable bonds is 12. The van der Waals surface area contributed by atoms with Crippen molar-refractivity contribution in [3.05, 3.63) is 73.2 Å². The number of amides is 2. The van der Waals surface area contributed by atoms with E-state index in [0.717, 1.165) is 29.5 Å². The number of ether oxygens (including phenoxy) is 1. The van der Waals surface area contributed by atoms with E-state index in [-0.39, 0.29) is 24.4 Å². The number of aliphatic hydroxyl groups excluding tert-OH is 1. The minimum absolute atomic E-state index is 0.0934. The molecule has 0 bridgehead atoms. The van der Waals surface area contributed by atoms with Crippen LogP contribution in [0.15, 0.2) is 42.3 Å². The van der Waals surface area contributed by atoms with Crippen LogP contribution >= 0.6 is 11.3 Å². The van der Waals surface area contributed by atoms with Crippen molar-refractivity contribution in [2.75, 3.05) is 4.90 Å². The van der Waals surface area contributed by atoms with Gasteiger partial charge in [-0.1, -0.05) is 13.8 Å². The summed E-state index contributed by atoms with van der Waals surface area (Å²) >= 11 is 1.16. The molecular weight excluding hydrogens is 570 g/mol. The maximum absolute atomic E-state index is 13.9. The van der Waals surface area contributed by atoms with Gasteiger partial charge in [0.1, 0.15) is 28.4 Å². The number of carbonyl (C=O) groups is 2. The number of alkyl carbamates (subject to hydrolysis) is 1. The first-order valence-electron chi connectivity index (χ1n) is 13.0. The lowest BCUT2D eigenvalue weighted by Gasteiger charge is -2.41. The number of anilines is 1. The topological polar surface area (TPSA) is 207 Å². The third kappa shape index (κ3) is 8.29. The molecule has 0 saturated heterocycles. The van der Waals surface area contributed by atoms with Crippen molar-refractivity contribution < 1.29 is 29.3 Å². The fourth-order valence-corrected chi connectivity index (χ4v) is 5.08. The minimum atomic E-state index is -1.38. The summed E-state index contributed by atoms with van der Waals surface area (Å²) in [6, 6.07) is 0.650. The maximum atomic E-state index is 13.9. The zero-order chi connectivity index (χ0) is 31.2. The number of aromatic amines is 1. The van der Waals surface area contributed by atoms with Crippen molar-refractivity contribution in [3.63, 3.8) is 0 Å². The van der Waals surface area contributed by atoms with Gasteiger partial charge in [-0.25, -0.2) is 14.8 Å². The Morgan fingerprint density at radius 1 is 1.19 bits per heavy atom. The summed E-state index contributed by atoms with van der Waals surface area (Å²) in [7, 11) is 0. The highest BCUT2D eigenvalue weighted by Crippen LogP contribution is 2.39. The summed E-state index contributed by atoms with van der Waals surface area (Å²) in [6.45, 7) is 8.59. The Hall–Kier alpha value is -4.44. The number of benzene rings is 1. The second-order valence-corrected chi connectivity index (χ2v) is 11.8. The van der Waals surface area contributed by atoms with Crippen molar-refractivity contribution in [1.82, 2.24) is 20.3 Å². The Morgan fingerprint density at radius 3 is 2.43 bits per heavy atom. The minimum Gasteiger partial charge on any atom is -0.444 e. The van der Waals surface area contributed by atoms with Gasteiger partial charge in [0.05, 0.1) is 34.0 Å². The molecule has 0 unspecified atom stereocenters. The summed E-state index contributed by atoms with van der Waals surface area (Å²) in [4.78, 5) is 61.3. The molecule has 3 atom stereocenters. The van der Waals surface area contributed by atoms with E-state index in [2.05, 4.69) is 20.3 Å². The molecule has 2 heterocycles. The van der Waals surface area contributed by atoms with Crippen molar-refractivity contribution in [1.29, 1.82) is 0 Å². The number of nitro groups is 2. The van der Waals surface area contributed by atoms with Gasteiger partial charge in [0.2, 0.25) is 0 Å². The number of aromatic nitrogens is 3. The van der Waals surface area contributed by atoms with Gasteiger partial charge in [0, 0.05) is 30.3 Å². The third-order valence-corrected chi connectivity index (χ3v) is 6.85. The van der Waals surface area contributed by atoms with Gasteiger partial charge in [0.15, 0.2) is 0 Å². The van der Waals surface area contributed by atoms with E-state index < -0.39 is 57.0 Å². The van der Waals surface area contributed by atoms with Gasteiger partial charge in [0.25, 0.3) is 17.3 Å². The predicted octanol–water partition coefficient (Wildman–Crippen LogP) is 4.30.